The fraction of sp³-hybridized carbons (Fsp3) is 0.382. The lowest BCUT2D eigenvalue weighted by Gasteiger charge is -2.47. The number of rotatable bonds is 9. The fourth-order valence-corrected chi connectivity index (χ4v) is 6.29. The third kappa shape index (κ3) is 7.45. The van der Waals surface area contributed by atoms with Gasteiger partial charge < -0.3 is 30.2 Å². The summed E-state index contributed by atoms with van der Waals surface area (Å²) >= 11 is 5.62. The Morgan fingerprint density at radius 3 is 2.20 bits per heavy atom. The number of anilines is 2. The Morgan fingerprint density at radius 1 is 0.978 bits per heavy atom. The Morgan fingerprint density at radius 2 is 1.61 bits per heavy atom. The summed E-state index contributed by atoms with van der Waals surface area (Å²) in [5.41, 5.74) is 1.06. The number of thiocarbonyl (C=S) groups is 1. The predicted octanol–water partition coefficient (Wildman–Crippen LogP) is 5.13. The molecule has 0 bridgehead atoms. The van der Waals surface area contributed by atoms with Crippen LogP contribution in [-0.2, 0) is 22.3 Å². The lowest BCUT2D eigenvalue weighted by molar-refractivity contribution is -0.150. The minimum atomic E-state index is -4.49. The monoisotopic (exact) mass is 652 g/mol. The van der Waals surface area contributed by atoms with Crippen molar-refractivity contribution < 1.29 is 22.8 Å². The summed E-state index contributed by atoms with van der Waals surface area (Å²) in [4.78, 5) is 36.1. The molecule has 2 fully saturated rings. The highest BCUT2D eigenvalue weighted by Crippen LogP contribution is 2.34. The number of nitrogens with one attached hydrogen (secondary N) is 2. The lowest BCUT2D eigenvalue weighted by Crippen LogP contribution is -2.64. The molecule has 2 N–H and O–H groups in total. The molecule has 0 spiro atoms. The normalized spacial score (nSPS) is 18.2. The molecule has 0 saturated carbocycles. The van der Waals surface area contributed by atoms with E-state index < -0.39 is 17.3 Å². The number of benzene rings is 3. The second-order valence-corrected chi connectivity index (χ2v) is 12.6. The molecule has 1 atom stereocenters. The molecular formula is C34H39F3N6O2S. The molecule has 2 heterocycles. The van der Waals surface area contributed by atoms with Crippen molar-refractivity contribution in [3.8, 4) is 0 Å². The Labute approximate surface area is 273 Å². The van der Waals surface area contributed by atoms with Gasteiger partial charge in [0.1, 0.15) is 5.54 Å². The SMILES string of the molecule is CN1CCC(C(=O)Nc2ccc(N(C)C)cc2)(N(Cc2ccc(C(F)(F)F)cc2)C(=O)CN2C[C@H](c3ccccc3)NC2=S)CC1. The second kappa shape index (κ2) is 13.7. The van der Waals surface area contributed by atoms with Crippen molar-refractivity contribution in [2.45, 2.75) is 37.1 Å². The van der Waals surface area contributed by atoms with Gasteiger partial charge in [-0.3, -0.25) is 9.59 Å². The van der Waals surface area contributed by atoms with Crippen LogP contribution in [-0.4, -0.2) is 84.5 Å². The average Bonchev–Trinajstić information content (AvgIpc) is 3.40. The van der Waals surface area contributed by atoms with Gasteiger partial charge in [-0.1, -0.05) is 42.5 Å². The molecule has 3 aromatic rings. The molecule has 244 valence electrons. The maximum atomic E-state index is 14.4. The molecule has 8 nitrogen and oxygen atoms in total. The van der Waals surface area contributed by atoms with Crippen LogP contribution in [0.25, 0.3) is 0 Å². The van der Waals surface area contributed by atoms with Gasteiger partial charge in [0.15, 0.2) is 5.11 Å². The number of likely N-dealkylation sites (tertiary alicyclic amines) is 1. The maximum absolute atomic E-state index is 14.4. The summed E-state index contributed by atoms with van der Waals surface area (Å²) in [5, 5.41) is 6.76. The number of carbonyl (C=O) groups excluding carboxylic acids is 2. The Hall–Kier alpha value is -4.16. The molecule has 2 saturated heterocycles. The molecule has 2 amide bonds. The van der Waals surface area contributed by atoms with Crippen molar-refractivity contribution in [1.29, 1.82) is 0 Å². The maximum Gasteiger partial charge on any atom is 0.416 e. The topological polar surface area (TPSA) is 71.2 Å². The minimum absolute atomic E-state index is 0.0379. The molecular weight excluding hydrogens is 613 g/mol. The van der Waals surface area contributed by atoms with Gasteiger partial charge in [-0.05, 0) is 79.6 Å². The summed E-state index contributed by atoms with van der Waals surface area (Å²) in [5.74, 6) is -0.664. The molecule has 3 aromatic carbocycles. The number of alkyl halides is 3. The smallest absolute Gasteiger partial charge is 0.378 e. The lowest BCUT2D eigenvalue weighted by atomic mass is 9.83. The first-order valence-corrected chi connectivity index (χ1v) is 15.6. The molecule has 2 aliphatic heterocycles. The number of halogens is 3. The zero-order valence-corrected chi connectivity index (χ0v) is 27.0. The number of hydrogen-bond donors (Lipinski definition) is 2. The van der Waals surface area contributed by atoms with Crippen LogP contribution in [0.5, 0.6) is 0 Å². The Kier molecular flexibility index (Phi) is 9.88. The van der Waals surface area contributed by atoms with Crippen molar-refractivity contribution in [2.24, 2.45) is 0 Å². The standard InChI is InChI=1S/C34H39F3N6O2S/c1-40(2)28-15-13-27(14-16-28)38-31(45)33(17-19-41(3)20-18-33)43(21-24-9-11-26(12-10-24)34(35,36)37)30(44)23-42-22-29(39-32(42)46)25-7-5-4-6-8-25/h4-16,29H,17-23H2,1-3H3,(H,38,45)(H,39,46)/t29-/m1/s1. The Balaban J connectivity index is 1.46. The van der Waals surface area contributed by atoms with Crippen LogP contribution in [0.2, 0.25) is 0 Å². The van der Waals surface area contributed by atoms with Crippen molar-refractivity contribution in [3.05, 3.63) is 95.6 Å². The first kappa shape index (κ1) is 33.2. The number of amides is 2. The predicted molar refractivity (Wildman–Crippen MR) is 177 cm³/mol. The molecule has 0 radical (unpaired) electrons. The molecule has 0 aliphatic carbocycles. The van der Waals surface area contributed by atoms with E-state index in [1.165, 1.54) is 12.1 Å². The van der Waals surface area contributed by atoms with Crippen LogP contribution >= 0.6 is 12.2 Å². The second-order valence-electron chi connectivity index (χ2n) is 12.2. The third-order valence-electron chi connectivity index (χ3n) is 8.83. The number of nitrogens with zero attached hydrogens (tertiary/aromatic N) is 4. The fourth-order valence-electron chi connectivity index (χ4n) is 6.01. The van der Waals surface area contributed by atoms with Crippen molar-refractivity contribution in [2.75, 3.05) is 57.5 Å². The van der Waals surface area contributed by atoms with Gasteiger partial charge >= 0.3 is 6.18 Å². The van der Waals surface area contributed by atoms with Crippen LogP contribution in [0.1, 0.15) is 35.6 Å². The van der Waals surface area contributed by atoms with Crippen LogP contribution in [0.4, 0.5) is 24.5 Å². The van der Waals surface area contributed by atoms with Crippen LogP contribution in [0, 0.1) is 0 Å². The van der Waals surface area contributed by atoms with Gasteiger partial charge in [0.05, 0.1) is 18.2 Å². The van der Waals surface area contributed by atoms with E-state index in [0.717, 1.165) is 23.4 Å². The van der Waals surface area contributed by atoms with E-state index in [1.807, 2.05) is 80.6 Å². The third-order valence-corrected chi connectivity index (χ3v) is 9.21. The van der Waals surface area contributed by atoms with E-state index >= 15 is 0 Å². The van der Waals surface area contributed by atoms with E-state index in [9.17, 15) is 22.8 Å². The quantitative estimate of drug-likeness (QED) is 0.311. The first-order chi connectivity index (χ1) is 21.9. The van der Waals surface area contributed by atoms with Crippen molar-refractivity contribution in [3.63, 3.8) is 0 Å². The highest BCUT2D eigenvalue weighted by molar-refractivity contribution is 7.80. The highest BCUT2D eigenvalue weighted by atomic mass is 32.1. The average molecular weight is 653 g/mol. The summed E-state index contributed by atoms with van der Waals surface area (Å²) in [7, 11) is 5.81. The van der Waals surface area contributed by atoms with Gasteiger partial charge in [-0.25, -0.2) is 0 Å². The molecule has 5 rings (SSSR count). The zero-order chi connectivity index (χ0) is 33.1. The van der Waals surface area contributed by atoms with Gasteiger partial charge in [-0.15, -0.1) is 0 Å². The summed E-state index contributed by atoms with van der Waals surface area (Å²) < 4.78 is 40.1. The molecule has 0 unspecified atom stereocenters. The first-order valence-electron chi connectivity index (χ1n) is 15.2. The molecule has 46 heavy (non-hydrogen) atoms. The van der Waals surface area contributed by atoms with Gasteiger partial charge in [0, 0.05) is 51.6 Å². The van der Waals surface area contributed by atoms with Gasteiger partial charge in [0.2, 0.25) is 11.8 Å². The highest BCUT2D eigenvalue weighted by Gasteiger charge is 2.48. The largest absolute Gasteiger partial charge is 0.416 e. The van der Waals surface area contributed by atoms with E-state index in [0.29, 0.717) is 48.8 Å². The van der Waals surface area contributed by atoms with Gasteiger partial charge in [-0.2, -0.15) is 13.2 Å². The van der Waals surface area contributed by atoms with Crippen LogP contribution in [0.15, 0.2) is 78.9 Å². The van der Waals surface area contributed by atoms with E-state index in [4.69, 9.17) is 12.2 Å². The number of piperidine rings is 1. The van der Waals surface area contributed by atoms with Crippen LogP contribution < -0.4 is 15.5 Å². The summed E-state index contributed by atoms with van der Waals surface area (Å²) in [6.45, 7) is 1.46. The number of carbonyl (C=O) groups is 2. The van der Waals surface area contributed by atoms with Crippen molar-refractivity contribution >= 4 is 40.5 Å². The van der Waals surface area contributed by atoms with Crippen molar-refractivity contribution in [1.82, 2.24) is 20.0 Å². The van der Waals surface area contributed by atoms with E-state index in [2.05, 4.69) is 15.5 Å². The Bertz CT molecular complexity index is 1530. The van der Waals surface area contributed by atoms with Crippen LogP contribution in [0.3, 0.4) is 0 Å². The number of hydrogen-bond acceptors (Lipinski definition) is 5. The minimum Gasteiger partial charge on any atom is -0.378 e. The van der Waals surface area contributed by atoms with E-state index in [-0.39, 0.29) is 30.9 Å². The summed E-state index contributed by atoms with van der Waals surface area (Å²) in [6.07, 6.45) is -3.78. The van der Waals surface area contributed by atoms with E-state index in [1.54, 1.807) is 9.80 Å². The van der Waals surface area contributed by atoms with Gasteiger partial charge in [0.25, 0.3) is 0 Å². The zero-order valence-electron chi connectivity index (χ0n) is 26.2. The summed E-state index contributed by atoms with van der Waals surface area (Å²) in [6, 6.07) is 21.9. The molecule has 2 aliphatic rings. The molecule has 12 heteroatoms. The molecule has 0 aromatic heterocycles.